The molecular weight excluding hydrogens is 336 g/mol. The summed E-state index contributed by atoms with van der Waals surface area (Å²) < 4.78 is 27.1. The first-order valence-corrected chi connectivity index (χ1v) is 10.8. The van der Waals surface area contributed by atoms with E-state index in [1.54, 1.807) is 6.92 Å². The molecule has 1 unspecified atom stereocenters. The summed E-state index contributed by atoms with van der Waals surface area (Å²) in [7, 11) is -3.25. The van der Waals surface area contributed by atoms with Crippen molar-refractivity contribution < 1.29 is 13.2 Å². The second-order valence-electron chi connectivity index (χ2n) is 6.97. The summed E-state index contributed by atoms with van der Waals surface area (Å²) in [6.07, 6.45) is 4.39. The smallest absolute Gasteiger partial charge is 0.227 e. The van der Waals surface area contributed by atoms with E-state index in [0.29, 0.717) is 32.1 Å². The van der Waals surface area contributed by atoms with Crippen molar-refractivity contribution in [1.29, 1.82) is 0 Å². The lowest BCUT2D eigenvalue weighted by Crippen LogP contribution is -2.42. The van der Waals surface area contributed by atoms with E-state index in [2.05, 4.69) is 17.0 Å². The van der Waals surface area contributed by atoms with Crippen LogP contribution in [0, 0.1) is 5.92 Å². The lowest BCUT2D eigenvalue weighted by atomic mass is 9.86. The van der Waals surface area contributed by atoms with Gasteiger partial charge < -0.3 is 5.32 Å². The maximum Gasteiger partial charge on any atom is 0.227 e. The van der Waals surface area contributed by atoms with Crippen LogP contribution in [-0.2, 0) is 21.2 Å². The number of benzene rings is 1. The van der Waals surface area contributed by atoms with E-state index in [1.807, 2.05) is 31.2 Å². The third kappa shape index (κ3) is 5.54. The Morgan fingerprint density at radius 3 is 2.48 bits per heavy atom. The van der Waals surface area contributed by atoms with Crippen LogP contribution >= 0.6 is 0 Å². The van der Waals surface area contributed by atoms with Crippen LogP contribution < -0.4 is 10.0 Å². The molecule has 0 aromatic heterocycles. The maximum atomic E-state index is 12.5. The maximum absolute atomic E-state index is 12.5. The third-order valence-corrected chi connectivity index (χ3v) is 7.19. The zero-order valence-corrected chi connectivity index (χ0v) is 16.2. The molecule has 25 heavy (non-hydrogen) atoms. The Bertz CT molecular complexity index is 680. The Morgan fingerprint density at radius 2 is 1.88 bits per heavy atom. The Morgan fingerprint density at radius 1 is 1.20 bits per heavy atom. The van der Waals surface area contributed by atoms with E-state index in [9.17, 15) is 13.2 Å². The molecule has 0 radical (unpaired) electrons. The van der Waals surface area contributed by atoms with Gasteiger partial charge in [-0.1, -0.05) is 26.0 Å². The van der Waals surface area contributed by atoms with Gasteiger partial charge in [-0.05, 0) is 63.1 Å². The molecule has 1 atom stereocenters. The van der Waals surface area contributed by atoms with Gasteiger partial charge in [-0.2, -0.15) is 0 Å². The van der Waals surface area contributed by atoms with Crippen LogP contribution in [0.25, 0.3) is 0 Å². The number of aryl methyl sites for hydroxylation is 1. The zero-order valence-electron chi connectivity index (χ0n) is 15.4. The Balaban J connectivity index is 1.86. The molecule has 1 saturated carbocycles. The first-order chi connectivity index (χ1) is 11.9. The fraction of sp³-hybridized carbons (Fsp3) is 0.632. The first kappa shape index (κ1) is 19.9. The van der Waals surface area contributed by atoms with E-state index in [4.69, 9.17) is 0 Å². The topological polar surface area (TPSA) is 75.3 Å². The molecule has 140 valence electrons. The minimum atomic E-state index is -3.25. The summed E-state index contributed by atoms with van der Waals surface area (Å²) in [5.41, 5.74) is 2.03. The van der Waals surface area contributed by atoms with Crippen molar-refractivity contribution in [3.63, 3.8) is 0 Å². The van der Waals surface area contributed by atoms with Crippen LogP contribution in [-0.4, -0.2) is 25.6 Å². The highest BCUT2D eigenvalue weighted by Gasteiger charge is 2.30. The summed E-state index contributed by atoms with van der Waals surface area (Å²) in [6.45, 7) is 5.69. The molecule has 0 heterocycles. The van der Waals surface area contributed by atoms with Gasteiger partial charge in [-0.3, -0.25) is 4.79 Å². The van der Waals surface area contributed by atoms with Crippen molar-refractivity contribution in [3.05, 3.63) is 29.8 Å². The predicted molar refractivity (Wildman–Crippen MR) is 102 cm³/mol. The molecule has 1 amide bonds. The van der Waals surface area contributed by atoms with E-state index in [-0.39, 0.29) is 23.1 Å². The highest BCUT2D eigenvalue weighted by Crippen LogP contribution is 2.26. The first-order valence-electron chi connectivity index (χ1n) is 9.26. The number of carbonyl (C=O) groups is 1. The van der Waals surface area contributed by atoms with Crippen molar-refractivity contribution in [3.8, 4) is 0 Å². The number of sulfonamides is 1. The van der Waals surface area contributed by atoms with Crippen LogP contribution in [0.15, 0.2) is 24.3 Å². The SMILES string of the molecule is CCc1cccc(NC(=O)C2CCC(NS(=O)(=O)C(C)CC)CC2)c1. The van der Waals surface area contributed by atoms with Crippen molar-refractivity contribution in [2.75, 3.05) is 5.32 Å². The fourth-order valence-electron chi connectivity index (χ4n) is 3.15. The third-order valence-electron chi connectivity index (χ3n) is 5.14. The van der Waals surface area contributed by atoms with Crippen LogP contribution in [0.2, 0.25) is 0 Å². The van der Waals surface area contributed by atoms with Gasteiger partial charge in [0.05, 0.1) is 5.25 Å². The lowest BCUT2D eigenvalue weighted by Gasteiger charge is -2.29. The lowest BCUT2D eigenvalue weighted by molar-refractivity contribution is -0.120. The molecule has 1 aliphatic rings. The summed E-state index contributed by atoms with van der Waals surface area (Å²) in [5, 5.41) is 2.62. The van der Waals surface area contributed by atoms with E-state index in [1.165, 1.54) is 5.56 Å². The number of anilines is 1. The minimum absolute atomic E-state index is 0.0384. The van der Waals surface area contributed by atoms with Gasteiger partial charge >= 0.3 is 0 Å². The predicted octanol–water partition coefficient (Wildman–Crippen LogP) is 3.46. The number of carbonyl (C=O) groups excluding carboxylic acids is 1. The van der Waals surface area contributed by atoms with Gasteiger partial charge in [0.25, 0.3) is 0 Å². The Labute approximate surface area is 151 Å². The second-order valence-corrected chi connectivity index (χ2v) is 9.10. The van der Waals surface area contributed by atoms with Gasteiger partial charge in [0.1, 0.15) is 0 Å². The van der Waals surface area contributed by atoms with E-state index in [0.717, 1.165) is 12.1 Å². The zero-order chi connectivity index (χ0) is 18.4. The van der Waals surface area contributed by atoms with Crippen molar-refractivity contribution in [2.45, 2.75) is 70.6 Å². The van der Waals surface area contributed by atoms with E-state index < -0.39 is 10.0 Å². The number of hydrogen-bond donors (Lipinski definition) is 2. The standard InChI is InChI=1S/C19H30N2O3S/c1-4-14(3)25(23,24)21-17-11-9-16(10-12-17)19(22)20-18-8-6-7-15(5-2)13-18/h6-8,13-14,16-17,21H,4-5,9-12H2,1-3H3,(H,20,22). The molecule has 6 heteroatoms. The van der Waals surface area contributed by atoms with Crippen molar-refractivity contribution in [2.24, 2.45) is 5.92 Å². The summed E-state index contributed by atoms with van der Waals surface area (Å²) in [4.78, 5) is 12.5. The fourth-order valence-corrected chi connectivity index (χ4v) is 4.53. The second kappa shape index (κ2) is 8.81. The normalized spacial score (nSPS) is 22.4. The van der Waals surface area contributed by atoms with Crippen LogP contribution in [0.4, 0.5) is 5.69 Å². The number of amides is 1. The Hall–Kier alpha value is -1.40. The molecule has 1 fully saturated rings. The summed E-state index contributed by atoms with van der Waals surface area (Å²) in [6, 6.07) is 7.86. The van der Waals surface area contributed by atoms with Crippen molar-refractivity contribution in [1.82, 2.24) is 4.72 Å². The molecule has 2 rings (SSSR count). The number of nitrogens with one attached hydrogen (secondary N) is 2. The highest BCUT2D eigenvalue weighted by atomic mass is 32.2. The van der Waals surface area contributed by atoms with Crippen LogP contribution in [0.3, 0.4) is 0 Å². The largest absolute Gasteiger partial charge is 0.326 e. The summed E-state index contributed by atoms with van der Waals surface area (Å²) in [5.74, 6) is -0.00822. The van der Waals surface area contributed by atoms with Crippen LogP contribution in [0.5, 0.6) is 0 Å². The van der Waals surface area contributed by atoms with Gasteiger partial charge in [0, 0.05) is 17.6 Å². The highest BCUT2D eigenvalue weighted by molar-refractivity contribution is 7.90. The van der Waals surface area contributed by atoms with Gasteiger partial charge in [-0.25, -0.2) is 13.1 Å². The quantitative estimate of drug-likeness (QED) is 0.776. The molecule has 0 saturated heterocycles. The molecule has 0 aliphatic heterocycles. The monoisotopic (exact) mass is 366 g/mol. The molecule has 2 N–H and O–H groups in total. The van der Waals surface area contributed by atoms with Gasteiger partial charge in [0.2, 0.25) is 15.9 Å². The molecule has 1 aromatic rings. The average molecular weight is 367 g/mol. The van der Waals surface area contributed by atoms with Gasteiger partial charge in [-0.15, -0.1) is 0 Å². The minimum Gasteiger partial charge on any atom is -0.326 e. The molecule has 0 spiro atoms. The molecular formula is C19H30N2O3S. The molecule has 5 nitrogen and oxygen atoms in total. The molecule has 0 bridgehead atoms. The number of hydrogen-bond acceptors (Lipinski definition) is 3. The number of rotatable bonds is 7. The van der Waals surface area contributed by atoms with Crippen molar-refractivity contribution >= 4 is 21.6 Å². The van der Waals surface area contributed by atoms with Crippen LogP contribution in [0.1, 0.15) is 58.4 Å². The average Bonchev–Trinajstić information content (AvgIpc) is 2.61. The molecule has 1 aromatic carbocycles. The van der Waals surface area contributed by atoms with E-state index >= 15 is 0 Å². The molecule has 1 aliphatic carbocycles. The Kier molecular flexibility index (Phi) is 7.02. The summed E-state index contributed by atoms with van der Waals surface area (Å²) >= 11 is 0. The van der Waals surface area contributed by atoms with Gasteiger partial charge in [0.15, 0.2) is 0 Å².